The van der Waals surface area contributed by atoms with E-state index in [9.17, 15) is 14.3 Å². The molecule has 0 aromatic heterocycles. The highest BCUT2D eigenvalue weighted by Gasteiger charge is 2.32. The van der Waals surface area contributed by atoms with Gasteiger partial charge in [-0.1, -0.05) is 36.4 Å². The monoisotopic (exact) mass is 299 g/mol. The molecular weight excluding hydrogens is 281 g/mol. The molecular formula is C18H18FNO2. The van der Waals surface area contributed by atoms with Gasteiger partial charge in [-0.15, -0.1) is 0 Å². The number of hydrogen-bond donors (Lipinski definition) is 2. The van der Waals surface area contributed by atoms with Crippen LogP contribution in [0.25, 0.3) is 0 Å². The summed E-state index contributed by atoms with van der Waals surface area (Å²) in [6, 6.07) is 13.3. The first-order chi connectivity index (χ1) is 10.6. The molecule has 0 aliphatic heterocycles. The zero-order valence-corrected chi connectivity index (χ0v) is 12.3. The van der Waals surface area contributed by atoms with E-state index in [1.807, 2.05) is 24.3 Å². The molecule has 2 aromatic rings. The predicted molar refractivity (Wildman–Crippen MR) is 81.9 cm³/mol. The van der Waals surface area contributed by atoms with Crippen LogP contribution in [0.4, 0.5) is 4.39 Å². The van der Waals surface area contributed by atoms with Gasteiger partial charge in [0.15, 0.2) is 0 Å². The number of fused-ring (bicyclic) bond motifs is 1. The molecule has 1 aliphatic rings. The third-order valence-electron chi connectivity index (χ3n) is 4.24. The number of carbonyl (C=O) groups excluding carboxylic acids is 1. The molecule has 0 bridgehead atoms. The number of amides is 1. The van der Waals surface area contributed by atoms with Crippen LogP contribution in [0.3, 0.4) is 0 Å². The number of nitrogens with one attached hydrogen (secondary N) is 1. The smallest absolute Gasteiger partial charge is 0.227 e. The van der Waals surface area contributed by atoms with Gasteiger partial charge in [-0.25, -0.2) is 4.39 Å². The molecule has 1 unspecified atom stereocenters. The van der Waals surface area contributed by atoms with Crippen LogP contribution < -0.4 is 5.32 Å². The van der Waals surface area contributed by atoms with Crippen molar-refractivity contribution in [2.75, 3.05) is 0 Å². The van der Waals surface area contributed by atoms with Gasteiger partial charge in [0.1, 0.15) is 5.82 Å². The summed E-state index contributed by atoms with van der Waals surface area (Å²) in [6.07, 6.45) is -0.0869. The zero-order chi connectivity index (χ0) is 15.7. The largest absolute Gasteiger partial charge is 0.390 e. The van der Waals surface area contributed by atoms with Gasteiger partial charge < -0.3 is 10.4 Å². The fourth-order valence-electron chi connectivity index (χ4n) is 2.95. The summed E-state index contributed by atoms with van der Waals surface area (Å²) in [6.45, 7) is 1.73. The zero-order valence-electron chi connectivity index (χ0n) is 12.3. The number of rotatable bonds is 3. The Balaban J connectivity index is 1.77. The number of halogens is 1. The second-order valence-electron chi connectivity index (χ2n) is 5.73. The normalized spacial score (nSPS) is 21.2. The average Bonchev–Trinajstić information content (AvgIpc) is 2.82. The van der Waals surface area contributed by atoms with Crippen LogP contribution in [0, 0.1) is 5.82 Å². The number of aliphatic hydroxyl groups is 1. The molecule has 22 heavy (non-hydrogen) atoms. The maximum absolute atomic E-state index is 13.3. The Labute approximate surface area is 128 Å². The summed E-state index contributed by atoms with van der Waals surface area (Å²) in [5.74, 6) is -1.05. The highest BCUT2D eigenvalue weighted by molar-refractivity contribution is 5.83. The molecule has 3 atom stereocenters. The summed E-state index contributed by atoms with van der Waals surface area (Å²) in [4.78, 5) is 12.4. The van der Waals surface area contributed by atoms with E-state index in [-0.39, 0.29) is 11.7 Å². The SMILES string of the molecule is CC(C(=O)N[C@@H]1c2ccccc2C[C@@H]1O)c1cccc(F)c1. The highest BCUT2D eigenvalue weighted by atomic mass is 19.1. The minimum absolute atomic E-state index is 0.216. The molecule has 1 amide bonds. The Morgan fingerprint density at radius 3 is 2.82 bits per heavy atom. The maximum atomic E-state index is 13.3. The quantitative estimate of drug-likeness (QED) is 0.915. The van der Waals surface area contributed by atoms with Crippen LogP contribution >= 0.6 is 0 Å². The van der Waals surface area contributed by atoms with Gasteiger partial charge in [-0.2, -0.15) is 0 Å². The van der Waals surface area contributed by atoms with E-state index >= 15 is 0 Å². The Bertz CT molecular complexity index is 701. The van der Waals surface area contributed by atoms with Crippen molar-refractivity contribution in [2.45, 2.75) is 31.4 Å². The summed E-state index contributed by atoms with van der Waals surface area (Å²) in [5.41, 5.74) is 2.63. The molecule has 2 aromatic carbocycles. The minimum atomic E-state index is -0.624. The van der Waals surface area contributed by atoms with Crippen molar-refractivity contribution >= 4 is 5.91 Å². The summed E-state index contributed by atoms with van der Waals surface area (Å²) >= 11 is 0. The van der Waals surface area contributed by atoms with Crippen LogP contribution in [-0.2, 0) is 11.2 Å². The van der Waals surface area contributed by atoms with Crippen molar-refractivity contribution in [3.05, 3.63) is 71.0 Å². The van der Waals surface area contributed by atoms with Gasteiger partial charge in [0.05, 0.1) is 18.1 Å². The maximum Gasteiger partial charge on any atom is 0.227 e. The van der Waals surface area contributed by atoms with Crippen molar-refractivity contribution < 1.29 is 14.3 Å². The van der Waals surface area contributed by atoms with Crippen LogP contribution in [0.1, 0.15) is 35.6 Å². The van der Waals surface area contributed by atoms with Crippen molar-refractivity contribution in [3.8, 4) is 0 Å². The lowest BCUT2D eigenvalue weighted by molar-refractivity contribution is -0.123. The topological polar surface area (TPSA) is 49.3 Å². The first-order valence-corrected chi connectivity index (χ1v) is 7.38. The van der Waals surface area contributed by atoms with Crippen LogP contribution in [0.15, 0.2) is 48.5 Å². The fraction of sp³-hybridized carbons (Fsp3) is 0.278. The Kier molecular flexibility index (Phi) is 3.94. The number of carbonyl (C=O) groups is 1. The van der Waals surface area contributed by atoms with E-state index in [1.54, 1.807) is 19.1 Å². The van der Waals surface area contributed by atoms with Crippen molar-refractivity contribution in [1.29, 1.82) is 0 Å². The standard InChI is InChI=1S/C18H18FNO2/c1-11(12-6-4-7-14(19)9-12)18(22)20-17-15-8-3-2-5-13(15)10-16(17)21/h2-9,11,16-17,21H,10H2,1H3,(H,20,22)/t11?,16-,17+/m0/s1. The van der Waals surface area contributed by atoms with E-state index in [0.29, 0.717) is 12.0 Å². The average molecular weight is 299 g/mol. The third-order valence-corrected chi connectivity index (χ3v) is 4.24. The van der Waals surface area contributed by atoms with Gasteiger partial charge in [-0.3, -0.25) is 4.79 Å². The lowest BCUT2D eigenvalue weighted by Gasteiger charge is -2.21. The molecule has 1 aliphatic carbocycles. The van der Waals surface area contributed by atoms with Crippen LogP contribution in [-0.4, -0.2) is 17.1 Å². The van der Waals surface area contributed by atoms with E-state index in [1.165, 1.54) is 12.1 Å². The molecule has 0 saturated heterocycles. The Hall–Kier alpha value is -2.20. The van der Waals surface area contributed by atoms with E-state index in [0.717, 1.165) is 11.1 Å². The molecule has 0 saturated carbocycles. The molecule has 0 fully saturated rings. The Morgan fingerprint density at radius 2 is 2.05 bits per heavy atom. The van der Waals surface area contributed by atoms with E-state index in [2.05, 4.69) is 5.32 Å². The number of aliphatic hydroxyl groups excluding tert-OH is 1. The van der Waals surface area contributed by atoms with Gasteiger partial charge in [0.2, 0.25) is 5.91 Å². The molecule has 4 heteroatoms. The van der Waals surface area contributed by atoms with Gasteiger partial charge in [0, 0.05) is 6.42 Å². The van der Waals surface area contributed by atoms with Gasteiger partial charge in [0.25, 0.3) is 0 Å². The minimum Gasteiger partial charge on any atom is -0.390 e. The van der Waals surface area contributed by atoms with Crippen molar-refractivity contribution in [2.24, 2.45) is 0 Å². The summed E-state index contributed by atoms with van der Waals surface area (Å²) in [5, 5.41) is 13.1. The van der Waals surface area contributed by atoms with E-state index in [4.69, 9.17) is 0 Å². The van der Waals surface area contributed by atoms with Gasteiger partial charge >= 0.3 is 0 Å². The van der Waals surface area contributed by atoms with Crippen LogP contribution in [0.5, 0.6) is 0 Å². The molecule has 3 nitrogen and oxygen atoms in total. The van der Waals surface area contributed by atoms with E-state index < -0.39 is 18.1 Å². The second kappa shape index (κ2) is 5.89. The van der Waals surface area contributed by atoms with Crippen LogP contribution in [0.2, 0.25) is 0 Å². The second-order valence-corrected chi connectivity index (χ2v) is 5.73. The van der Waals surface area contributed by atoms with Gasteiger partial charge in [-0.05, 0) is 35.7 Å². The summed E-state index contributed by atoms with van der Waals surface area (Å²) < 4.78 is 13.3. The third kappa shape index (κ3) is 2.74. The number of benzene rings is 2. The molecule has 0 spiro atoms. The molecule has 0 heterocycles. The highest BCUT2D eigenvalue weighted by Crippen LogP contribution is 2.32. The first-order valence-electron chi connectivity index (χ1n) is 7.38. The molecule has 2 N–H and O–H groups in total. The fourth-order valence-corrected chi connectivity index (χ4v) is 2.95. The van der Waals surface area contributed by atoms with Crippen molar-refractivity contribution in [1.82, 2.24) is 5.32 Å². The lowest BCUT2D eigenvalue weighted by atomic mass is 9.99. The predicted octanol–water partition coefficient (Wildman–Crippen LogP) is 2.70. The number of hydrogen-bond acceptors (Lipinski definition) is 2. The molecule has 3 rings (SSSR count). The lowest BCUT2D eigenvalue weighted by Crippen LogP contribution is -2.36. The first kappa shape index (κ1) is 14.7. The van der Waals surface area contributed by atoms with Crippen molar-refractivity contribution in [3.63, 3.8) is 0 Å². The summed E-state index contributed by atoms with van der Waals surface area (Å²) in [7, 11) is 0. The Morgan fingerprint density at radius 1 is 1.27 bits per heavy atom. The molecule has 0 radical (unpaired) electrons. The molecule has 114 valence electrons.